The fourth-order valence-corrected chi connectivity index (χ4v) is 3.25. The minimum Gasteiger partial charge on any atom is -0.495 e. The van der Waals surface area contributed by atoms with Gasteiger partial charge in [0.25, 0.3) is 0 Å². The minimum atomic E-state index is -3.54. The number of rotatable bonds is 5. The van der Waals surface area contributed by atoms with Crippen molar-refractivity contribution in [2.75, 3.05) is 25.9 Å². The molecule has 1 aromatic carbocycles. The van der Waals surface area contributed by atoms with Crippen molar-refractivity contribution in [2.45, 2.75) is 18.7 Å². The quantitative estimate of drug-likeness (QED) is 0.808. The van der Waals surface area contributed by atoms with E-state index in [0.29, 0.717) is 24.5 Å². The van der Waals surface area contributed by atoms with Gasteiger partial charge in [-0.05, 0) is 18.2 Å². The third kappa shape index (κ3) is 2.70. The average molecular weight is 258 g/mol. The molecule has 0 aliphatic carbocycles. The standard InChI is InChI=1S/C11H18N2O3S/c1-4-13(5-2)17(14,15)11-8-9(12)6-7-10(11)16-3/h6-8H,4-5,12H2,1-3H3. The zero-order chi connectivity index (χ0) is 13.1. The predicted octanol–water partition coefficient (Wildman–Crippen LogP) is 1.31. The van der Waals surface area contributed by atoms with Gasteiger partial charge in [-0.25, -0.2) is 8.42 Å². The monoisotopic (exact) mass is 258 g/mol. The maximum Gasteiger partial charge on any atom is 0.246 e. The number of hydrogen-bond donors (Lipinski definition) is 1. The van der Waals surface area contributed by atoms with Crippen LogP contribution < -0.4 is 10.5 Å². The molecule has 0 atom stereocenters. The molecule has 17 heavy (non-hydrogen) atoms. The second-order valence-electron chi connectivity index (χ2n) is 3.50. The lowest BCUT2D eigenvalue weighted by molar-refractivity contribution is 0.395. The Morgan fingerprint density at radius 2 is 1.88 bits per heavy atom. The third-order valence-corrected chi connectivity index (χ3v) is 4.58. The highest BCUT2D eigenvalue weighted by Crippen LogP contribution is 2.28. The van der Waals surface area contributed by atoms with Crippen LogP contribution in [-0.2, 0) is 10.0 Å². The second-order valence-corrected chi connectivity index (χ2v) is 5.41. The third-order valence-electron chi connectivity index (χ3n) is 2.51. The van der Waals surface area contributed by atoms with Gasteiger partial charge in [0.15, 0.2) is 0 Å². The molecule has 0 aliphatic rings. The summed E-state index contributed by atoms with van der Waals surface area (Å²) in [5.74, 6) is 0.311. The number of methoxy groups -OCH3 is 1. The van der Waals surface area contributed by atoms with Gasteiger partial charge in [0.05, 0.1) is 7.11 Å². The Morgan fingerprint density at radius 1 is 1.29 bits per heavy atom. The number of hydrogen-bond acceptors (Lipinski definition) is 4. The molecule has 0 saturated heterocycles. The van der Waals surface area contributed by atoms with Gasteiger partial charge >= 0.3 is 0 Å². The Labute approximate surface area is 102 Å². The van der Waals surface area contributed by atoms with Crippen LogP contribution in [-0.4, -0.2) is 32.9 Å². The van der Waals surface area contributed by atoms with Crippen molar-refractivity contribution in [1.82, 2.24) is 4.31 Å². The Balaban J connectivity index is 3.36. The topological polar surface area (TPSA) is 72.6 Å². The summed E-state index contributed by atoms with van der Waals surface area (Å²) in [5.41, 5.74) is 6.02. The van der Waals surface area contributed by atoms with E-state index in [-0.39, 0.29) is 4.90 Å². The SMILES string of the molecule is CCN(CC)S(=O)(=O)c1cc(N)ccc1OC. The van der Waals surface area contributed by atoms with Crippen molar-refractivity contribution < 1.29 is 13.2 Å². The molecule has 0 heterocycles. The minimum absolute atomic E-state index is 0.115. The maximum absolute atomic E-state index is 12.3. The summed E-state index contributed by atoms with van der Waals surface area (Å²) in [5, 5.41) is 0. The fraction of sp³-hybridized carbons (Fsp3) is 0.455. The van der Waals surface area contributed by atoms with Crippen LogP contribution >= 0.6 is 0 Å². The van der Waals surface area contributed by atoms with Crippen molar-refractivity contribution in [2.24, 2.45) is 0 Å². The van der Waals surface area contributed by atoms with Crippen molar-refractivity contribution >= 4 is 15.7 Å². The predicted molar refractivity (Wildman–Crippen MR) is 67.5 cm³/mol. The zero-order valence-corrected chi connectivity index (χ0v) is 11.1. The molecule has 0 unspecified atom stereocenters. The van der Waals surface area contributed by atoms with Gasteiger partial charge in [-0.15, -0.1) is 0 Å². The second kappa shape index (κ2) is 5.37. The van der Waals surface area contributed by atoms with Crippen LogP contribution in [0.1, 0.15) is 13.8 Å². The van der Waals surface area contributed by atoms with E-state index in [1.54, 1.807) is 26.0 Å². The van der Waals surface area contributed by atoms with Gasteiger partial charge in [-0.2, -0.15) is 4.31 Å². The van der Waals surface area contributed by atoms with E-state index < -0.39 is 10.0 Å². The molecule has 1 aromatic rings. The molecular weight excluding hydrogens is 240 g/mol. The highest BCUT2D eigenvalue weighted by Gasteiger charge is 2.25. The molecular formula is C11H18N2O3S. The summed E-state index contributed by atoms with van der Waals surface area (Å²) >= 11 is 0. The molecule has 0 aliphatic heterocycles. The Bertz CT molecular complexity index is 481. The van der Waals surface area contributed by atoms with Crippen LogP contribution in [0.4, 0.5) is 5.69 Å². The summed E-state index contributed by atoms with van der Waals surface area (Å²) in [6, 6.07) is 4.60. The van der Waals surface area contributed by atoms with Gasteiger partial charge in [0.1, 0.15) is 10.6 Å². The summed E-state index contributed by atoms with van der Waals surface area (Å²) < 4.78 is 31.1. The number of nitrogens with zero attached hydrogens (tertiary/aromatic N) is 1. The van der Waals surface area contributed by atoms with Crippen LogP contribution in [0, 0.1) is 0 Å². The Kier molecular flexibility index (Phi) is 4.36. The molecule has 0 radical (unpaired) electrons. The zero-order valence-electron chi connectivity index (χ0n) is 10.3. The van der Waals surface area contributed by atoms with Crippen LogP contribution in [0.5, 0.6) is 5.75 Å². The summed E-state index contributed by atoms with van der Waals surface area (Å²) in [4.78, 5) is 0.115. The summed E-state index contributed by atoms with van der Waals surface area (Å²) in [6.45, 7) is 4.41. The summed E-state index contributed by atoms with van der Waals surface area (Å²) in [6.07, 6.45) is 0. The van der Waals surface area contributed by atoms with Gasteiger partial charge in [0.2, 0.25) is 10.0 Å². The van der Waals surface area contributed by atoms with Crippen molar-refractivity contribution in [3.8, 4) is 5.75 Å². The van der Waals surface area contributed by atoms with E-state index in [0.717, 1.165) is 0 Å². The van der Waals surface area contributed by atoms with Crippen LogP contribution in [0.3, 0.4) is 0 Å². The lowest BCUT2D eigenvalue weighted by Crippen LogP contribution is -2.30. The van der Waals surface area contributed by atoms with E-state index in [1.807, 2.05) is 0 Å². The number of nitrogens with two attached hydrogens (primary N) is 1. The fourth-order valence-electron chi connectivity index (χ4n) is 1.60. The lowest BCUT2D eigenvalue weighted by atomic mass is 10.3. The van der Waals surface area contributed by atoms with Gasteiger partial charge < -0.3 is 10.5 Å². The van der Waals surface area contributed by atoms with Crippen LogP contribution in [0.2, 0.25) is 0 Å². The first kappa shape index (κ1) is 13.8. The smallest absolute Gasteiger partial charge is 0.246 e. The molecule has 0 fully saturated rings. The van der Waals surface area contributed by atoms with Crippen molar-refractivity contribution in [1.29, 1.82) is 0 Å². The number of sulfonamides is 1. The Morgan fingerprint density at radius 3 is 2.35 bits per heavy atom. The number of benzene rings is 1. The highest BCUT2D eigenvalue weighted by molar-refractivity contribution is 7.89. The van der Waals surface area contributed by atoms with Crippen LogP contribution in [0.25, 0.3) is 0 Å². The molecule has 1 rings (SSSR count). The first-order valence-electron chi connectivity index (χ1n) is 5.41. The van der Waals surface area contributed by atoms with Crippen LogP contribution in [0.15, 0.2) is 23.1 Å². The molecule has 96 valence electrons. The largest absolute Gasteiger partial charge is 0.495 e. The highest BCUT2D eigenvalue weighted by atomic mass is 32.2. The van der Waals surface area contributed by atoms with E-state index >= 15 is 0 Å². The van der Waals surface area contributed by atoms with E-state index in [9.17, 15) is 8.42 Å². The van der Waals surface area contributed by atoms with Gasteiger partial charge in [0, 0.05) is 18.8 Å². The van der Waals surface area contributed by atoms with E-state index in [4.69, 9.17) is 10.5 Å². The lowest BCUT2D eigenvalue weighted by Gasteiger charge is -2.20. The molecule has 0 amide bonds. The van der Waals surface area contributed by atoms with Crippen molar-refractivity contribution in [3.05, 3.63) is 18.2 Å². The maximum atomic E-state index is 12.3. The Hall–Kier alpha value is -1.27. The van der Waals surface area contributed by atoms with Crippen molar-refractivity contribution in [3.63, 3.8) is 0 Å². The first-order valence-corrected chi connectivity index (χ1v) is 6.85. The van der Waals surface area contributed by atoms with Gasteiger partial charge in [-0.1, -0.05) is 13.8 Å². The number of ether oxygens (including phenoxy) is 1. The van der Waals surface area contributed by atoms with Gasteiger partial charge in [-0.3, -0.25) is 0 Å². The normalized spacial score (nSPS) is 11.8. The van der Waals surface area contributed by atoms with E-state index in [2.05, 4.69) is 0 Å². The molecule has 0 aromatic heterocycles. The molecule has 6 heteroatoms. The number of nitrogen functional groups attached to an aromatic ring is 1. The molecule has 0 spiro atoms. The summed E-state index contributed by atoms with van der Waals surface area (Å²) in [7, 11) is -2.10. The van der Waals surface area contributed by atoms with E-state index in [1.165, 1.54) is 17.5 Å². The molecule has 0 bridgehead atoms. The molecule has 0 saturated carbocycles. The first-order chi connectivity index (χ1) is 7.97. The molecule has 2 N–H and O–H groups in total. The molecule has 5 nitrogen and oxygen atoms in total. The number of anilines is 1. The average Bonchev–Trinajstić information content (AvgIpc) is 2.30.